The molecular formula is C14H18N4O4. The molecule has 0 bridgehead atoms. The summed E-state index contributed by atoms with van der Waals surface area (Å²) in [6.07, 6.45) is 3.50. The molecule has 1 saturated heterocycles. The van der Waals surface area contributed by atoms with E-state index < -0.39 is 0 Å². The van der Waals surface area contributed by atoms with E-state index in [4.69, 9.17) is 8.83 Å². The second kappa shape index (κ2) is 6.71. The van der Waals surface area contributed by atoms with E-state index in [-0.39, 0.29) is 36.9 Å². The van der Waals surface area contributed by atoms with Crippen LogP contribution in [0.2, 0.25) is 0 Å². The molecule has 0 radical (unpaired) electrons. The average Bonchev–Trinajstić information content (AvgIpc) is 3.18. The zero-order chi connectivity index (χ0) is 15.4. The zero-order valence-corrected chi connectivity index (χ0v) is 12.1. The van der Waals surface area contributed by atoms with Gasteiger partial charge in [-0.15, -0.1) is 5.10 Å². The number of amides is 1. The maximum Gasteiger partial charge on any atom is 0.322 e. The normalized spacial score (nSPS) is 19.2. The van der Waals surface area contributed by atoms with Crippen LogP contribution in [0.5, 0.6) is 0 Å². The Morgan fingerprint density at radius 1 is 1.50 bits per heavy atom. The van der Waals surface area contributed by atoms with Gasteiger partial charge in [0.2, 0.25) is 5.91 Å². The number of hydrogen-bond donors (Lipinski definition) is 2. The number of aromatic nitrogens is 2. The fourth-order valence-corrected chi connectivity index (χ4v) is 2.58. The Bertz CT molecular complexity index is 610. The molecule has 2 aromatic rings. The van der Waals surface area contributed by atoms with Crippen molar-refractivity contribution in [3.05, 3.63) is 18.4 Å². The molecule has 2 aromatic heterocycles. The molecule has 1 aliphatic rings. The lowest BCUT2D eigenvalue weighted by Gasteiger charge is -2.30. The summed E-state index contributed by atoms with van der Waals surface area (Å²) in [6.45, 7) is 1.99. The van der Waals surface area contributed by atoms with Crippen LogP contribution >= 0.6 is 0 Å². The Kier molecular flexibility index (Phi) is 4.50. The summed E-state index contributed by atoms with van der Waals surface area (Å²) in [6, 6.07) is 3.46. The Morgan fingerprint density at radius 3 is 3.18 bits per heavy atom. The van der Waals surface area contributed by atoms with Crippen LogP contribution in [0, 0.1) is 5.92 Å². The molecule has 118 valence electrons. The minimum Gasteiger partial charge on any atom is -0.459 e. The molecule has 3 heterocycles. The minimum absolute atomic E-state index is 0.0483. The second-order valence-corrected chi connectivity index (χ2v) is 5.36. The molecule has 2 N–H and O–H groups in total. The van der Waals surface area contributed by atoms with Gasteiger partial charge in [-0.25, -0.2) is 0 Å². The van der Waals surface area contributed by atoms with Crippen LogP contribution in [0.15, 0.2) is 27.2 Å². The van der Waals surface area contributed by atoms with Crippen molar-refractivity contribution >= 4 is 11.9 Å². The summed E-state index contributed by atoms with van der Waals surface area (Å²) in [5.74, 6) is 0.706. The highest BCUT2D eigenvalue weighted by Gasteiger charge is 2.21. The first-order valence-electron chi connectivity index (χ1n) is 7.25. The number of carbonyl (C=O) groups is 1. The molecule has 1 amide bonds. The molecule has 1 aliphatic heterocycles. The molecule has 8 heteroatoms. The van der Waals surface area contributed by atoms with Gasteiger partial charge in [-0.3, -0.25) is 15.0 Å². The zero-order valence-electron chi connectivity index (χ0n) is 12.1. The minimum atomic E-state index is -0.215. The first kappa shape index (κ1) is 14.7. The lowest BCUT2D eigenvalue weighted by atomic mass is 9.99. The van der Waals surface area contributed by atoms with Gasteiger partial charge >= 0.3 is 6.01 Å². The van der Waals surface area contributed by atoms with Crippen molar-refractivity contribution in [2.75, 3.05) is 31.6 Å². The highest BCUT2D eigenvalue weighted by molar-refractivity contribution is 5.90. The van der Waals surface area contributed by atoms with Gasteiger partial charge in [0.15, 0.2) is 5.76 Å². The van der Waals surface area contributed by atoms with Crippen LogP contribution in [-0.4, -0.2) is 52.4 Å². The smallest absolute Gasteiger partial charge is 0.322 e. The monoisotopic (exact) mass is 306 g/mol. The highest BCUT2D eigenvalue weighted by atomic mass is 16.4. The quantitative estimate of drug-likeness (QED) is 0.848. The number of likely N-dealkylation sites (tertiary alicyclic amines) is 1. The van der Waals surface area contributed by atoms with Gasteiger partial charge in [0.05, 0.1) is 12.8 Å². The molecule has 0 spiro atoms. The summed E-state index contributed by atoms with van der Waals surface area (Å²) in [7, 11) is 0. The molecular weight excluding hydrogens is 288 g/mol. The summed E-state index contributed by atoms with van der Waals surface area (Å²) in [5, 5.41) is 19.4. The predicted molar refractivity (Wildman–Crippen MR) is 76.9 cm³/mol. The van der Waals surface area contributed by atoms with Gasteiger partial charge in [0.25, 0.3) is 5.89 Å². The van der Waals surface area contributed by atoms with E-state index in [0.29, 0.717) is 5.76 Å². The van der Waals surface area contributed by atoms with E-state index in [1.54, 1.807) is 12.1 Å². The number of piperidine rings is 1. The summed E-state index contributed by atoms with van der Waals surface area (Å²) < 4.78 is 10.5. The van der Waals surface area contributed by atoms with Crippen molar-refractivity contribution in [1.82, 2.24) is 15.1 Å². The average molecular weight is 306 g/mol. The van der Waals surface area contributed by atoms with Crippen molar-refractivity contribution in [1.29, 1.82) is 0 Å². The molecule has 0 aromatic carbocycles. The lowest BCUT2D eigenvalue weighted by Crippen LogP contribution is -2.41. The fraction of sp³-hybridized carbons (Fsp3) is 0.500. The Balaban J connectivity index is 1.53. The molecule has 1 atom stereocenters. The third-order valence-electron chi connectivity index (χ3n) is 3.63. The topological polar surface area (TPSA) is 105 Å². The third kappa shape index (κ3) is 3.52. The number of rotatable bonds is 5. The summed E-state index contributed by atoms with van der Waals surface area (Å²) >= 11 is 0. The van der Waals surface area contributed by atoms with Crippen molar-refractivity contribution in [3.63, 3.8) is 0 Å². The van der Waals surface area contributed by atoms with E-state index in [9.17, 15) is 9.90 Å². The molecule has 22 heavy (non-hydrogen) atoms. The van der Waals surface area contributed by atoms with Crippen LogP contribution in [-0.2, 0) is 4.79 Å². The number of carbonyl (C=O) groups excluding carboxylic acids is 1. The van der Waals surface area contributed by atoms with Crippen LogP contribution < -0.4 is 5.32 Å². The Labute approximate surface area is 127 Å². The van der Waals surface area contributed by atoms with Crippen molar-refractivity contribution < 1.29 is 18.7 Å². The van der Waals surface area contributed by atoms with Crippen LogP contribution in [0.1, 0.15) is 12.8 Å². The van der Waals surface area contributed by atoms with E-state index in [0.717, 1.165) is 25.9 Å². The van der Waals surface area contributed by atoms with Gasteiger partial charge in [-0.1, -0.05) is 5.10 Å². The molecule has 1 fully saturated rings. The first-order chi connectivity index (χ1) is 10.7. The van der Waals surface area contributed by atoms with Crippen molar-refractivity contribution in [3.8, 4) is 11.7 Å². The number of hydrogen-bond acceptors (Lipinski definition) is 7. The molecule has 0 saturated carbocycles. The maximum absolute atomic E-state index is 12.0. The molecule has 3 rings (SSSR count). The van der Waals surface area contributed by atoms with Crippen LogP contribution in [0.4, 0.5) is 6.01 Å². The SMILES string of the molecule is O=C(CN1CCCC(CO)C1)Nc1nnc(-c2ccco2)o1. The second-order valence-electron chi connectivity index (χ2n) is 5.36. The largest absolute Gasteiger partial charge is 0.459 e. The molecule has 0 aliphatic carbocycles. The van der Waals surface area contributed by atoms with E-state index in [1.807, 2.05) is 4.90 Å². The van der Waals surface area contributed by atoms with Gasteiger partial charge < -0.3 is 13.9 Å². The van der Waals surface area contributed by atoms with Crippen LogP contribution in [0.25, 0.3) is 11.7 Å². The van der Waals surface area contributed by atoms with Gasteiger partial charge in [0, 0.05) is 13.2 Å². The number of anilines is 1. The Morgan fingerprint density at radius 2 is 2.41 bits per heavy atom. The number of nitrogens with zero attached hydrogens (tertiary/aromatic N) is 3. The third-order valence-corrected chi connectivity index (χ3v) is 3.63. The molecule has 8 nitrogen and oxygen atoms in total. The fourth-order valence-electron chi connectivity index (χ4n) is 2.58. The lowest BCUT2D eigenvalue weighted by molar-refractivity contribution is -0.117. The summed E-state index contributed by atoms with van der Waals surface area (Å²) in [4.78, 5) is 14.0. The first-order valence-corrected chi connectivity index (χ1v) is 7.25. The van der Waals surface area contributed by atoms with Gasteiger partial charge in [0.1, 0.15) is 0 Å². The van der Waals surface area contributed by atoms with Gasteiger partial charge in [-0.05, 0) is 37.4 Å². The van der Waals surface area contributed by atoms with E-state index >= 15 is 0 Å². The maximum atomic E-state index is 12.0. The number of aliphatic hydroxyl groups excluding tert-OH is 1. The van der Waals surface area contributed by atoms with E-state index in [1.165, 1.54) is 6.26 Å². The number of aliphatic hydroxyl groups is 1. The van der Waals surface area contributed by atoms with Gasteiger partial charge in [-0.2, -0.15) is 0 Å². The predicted octanol–water partition coefficient (Wildman–Crippen LogP) is 0.972. The highest BCUT2D eigenvalue weighted by Crippen LogP contribution is 2.20. The van der Waals surface area contributed by atoms with Crippen LogP contribution in [0.3, 0.4) is 0 Å². The standard InChI is InChI=1S/C14H18N4O4/c19-9-10-3-1-5-18(7-10)8-12(20)15-14-17-16-13(22-14)11-4-2-6-21-11/h2,4,6,10,19H,1,3,5,7-9H2,(H,15,17,20). The Hall–Kier alpha value is -2.19. The number of nitrogens with one attached hydrogen (secondary N) is 1. The number of furan rings is 1. The van der Waals surface area contributed by atoms with Crippen molar-refractivity contribution in [2.45, 2.75) is 12.8 Å². The van der Waals surface area contributed by atoms with E-state index in [2.05, 4.69) is 15.5 Å². The summed E-state index contributed by atoms with van der Waals surface area (Å²) in [5.41, 5.74) is 0. The molecule has 1 unspecified atom stereocenters. The van der Waals surface area contributed by atoms with Crippen molar-refractivity contribution in [2.24, 2.45) is 5.92 Å².